The molecule has 1 aromatic heterocycles. The summed E-state index contributed by atoms with van der Waals surface area (Å²) in [7, 11) is 0. The van der Waals surface area contributed by atoms with E-state index in [1.165, 1.54) is 17.6 Å². The molecule has 0 aliphatic rings. The molecule has 0 bridgehead atoms. The lowest BCUT2D eigenvalue weighted by atomic mass is 10.0. The molecular formula is C15H19ClFN3S. The van der Waals surface area contributed by atoms with Crippen molar-refractivity contribution in [2.24, 2.45) is 0 Å². The number of aryl methyl sites for hydroxylation is 1. The van der Waals surface area contributed by atoms with Crippen LogP contribution in [-0.4, -0.2) is 16.1 Å². The Bertz CT molecular complexity index is 568. The topological polar surface area (TPSA) is 37.8 Å². The van der Waals surface area contributed by atoms with Crippen LogP contribution in [0.1, 0.15) is 42.4 Å². The van der Waals surface area contributed by atoms with E-state index in [9.17, 15) is 4.39 Å². The van der Waals surface area contributed by atoms with E-state index in [2.05, 4.69) is 21.8 Å². The molecule has 2 aromatic rings. The first-order valence-corrected chi connectivity index (χ1v) is 8.29. The number of nitrogens with one attached hydrogen (secondary N) is 1. The third-order valence-electron chi connectivity index (χ3n) is 3.31. The molecule has 1 N–H and O–H groups in total. The van der Waals surface area contributed by atoms with E-state index in [1.807, 2.05) is 6.92 Å². The Hall–Kier alpha value is -1.04. The lowest BCUT2D eigenvalue weighted by Crippen LogP contribution is -2.23. The summed E-state index contributed by atoms with van der Waals surface area (Å²) in [6.07, 6.45) is 2.40. The Morgan fingerprint density at radius 2 is 2.19 bits per heavy atom. The largest absolute Gasteiger partial charge is 0.309 e. The molecule has 114 valence electrons. The second-order valence-electron chi connectivity index (χ2n) is 4.85. The van der Waals surface area contributed by atoms with Gasteiger partial charge in [-0.1, -0.05) is 42.4 Å². The number of aromatic nitrogens is 2. The smallest absolute Gasteiger partial charge is 0.127 e. The van der Waals surface area contributed by atoms with Crippen molar-refractivity contribution in [3.8, 4) is 0 Å². The standard InChI is InChI=1S/C15H19ClFN3S/c1-3-6-13-15(21-20-19-13)14(18-4-2)9-10-11(16)7-5-8-12(10)17/h5,7-8,14,18H,3-4,6,9H2,1-2H3. The maximum atomic E-state index is 14.0. The van der Waals surface area contributed by atoms with Gasteiger partial charge in [0.15, 0.2) is 0 Å². The molecule has 0 aliphatic heterocycles. The number of rotatable bonds is 7. The lowest BCUT2D eigenvalue weighted by molar-refractivity contribution is 0.530. The number of hydrogen-bond donors (Lipinski definition) is 1. The van der Waals surface area contributed by atoms with Crippen LogP contribution < -0.4 is 5.32 Å². The summed E-state index contributed by atoms with van der Waals surface area (Å²) in [5.41, 5.74) is 1.54. The van der Waals surface area contributed by atoms with Crippen molar-refractivity contribution < 1.29 is 4.39 Å². The highest BCUT2D eigenvalue weighted by Gasteiger charge is 2.21. The van der Waals surface area contributed by atoms with E-state index < -0.39 is 0 Å². The number of likely N-dealkylation sites (N-methyl/N-ethyl adjacent to an activating group) is 1. The second kappa shape index (κ2) is 7.82. The first-order chi connectivity index (χ1) is 10.2. The SMILES string of the molecule is CCCc1nnsc1C(Cc1c(F)cccc1Cl)NCC. The predicted octanol–water partition coefficient (Wildman–Crippen LogP) is 4.18. The van der Waals surface area contributed by atoms with Gasteiger partial charge in [0.25, 0.3) is 0 Å². The maximum absolute atomic E-state index is 14.0. The molecule has 0 spiro atoms. The Morgan fingerprint density at radius 1 is 1.38 bits per heavy atom. The van der Waals surface area contributed by atoms with Gasteiger partial charge in [0, 0.05) is 16.6 Å². The van der Waals surface area contributed by atoms with Crippen LogP contribution in [0.3, 0.4) is 0 Å². The van der Waals surface area contributed by atoms with Crippen LogP contribution in [-0.2, 0) is 12.8 Å². The van der Waals surface area contributed by atoms with E-state index in [0.29, 0.717) is 17.0 Å². The van der Waals surface area contributed by atoms with Crippen LogP contribution in [0.2, 0.25) is 5.02 Å². The molecule has 21 heavy (non-hydrogen) atoms. The zero-order valence-corrected chi connectivity index (χ0v) is 13.8. The third-order valence-corrected chi connectivity index (χ3v) is 4.54. The van der Waals surface area contributed by atoms with Crippen molar-refractivity contribution in [1.29, 1.82) is 0 Å². The summed E-state index contributed by atoms with van der Waals surface area (Å²) in [6.45, 7) is 4.93. The van der Waals surface area contributed by atoms with Gasteiger partial charge < -0.3 is 5.32 Å². The highest BCUT2D eigenvalue weighted by atomic mass is 35.5. The molecule has 0 aliphatic carbocycles. The summed E-state index contributed by atoms with van der Waals surface area (Å²) in [5.74, 6) is -0.264. The van der Waals surface area contributed by atoms with Gasteiger partial charge in [-0.3, -0.25) is 0 Å². The van der Waals surface area contributed by atoms with Gasteiger partial charge in [-0.2, -0.15) is 0 Å². The molecule has 2 rings (SSSR count). The van der Waals surface area contributed by atoms with Gasteiger partial charge in [0.05, 0.1) is 10.6 Å². The van der Waals surface area contributed by atoms with Crippen LogP contribution in [0.15, 0.2) is 18.2 Å². The van der Waals surface area contributed by atoms with Gasteiger partial charge in [0.1, 0.15) is 5.82 Å². The van der Waals surface area contributed by atoms with Crippen molar-refractivity contribution in [3.63, 3.8) is 0 Å². The fourth-order valence-electron chi connectivity index (χ4n) is 2.33. The molecule has 1 unspecified atom stereocenters. The number of halogens is 2. The van der Waals surface area contributed by atoms with Crippen LogP contribution in [0.4, 0.5) is 4.39 Å². The Labute approximate surface area is 133 Å². The van der Waals surface area contributed by atoms with Gasteiger partial charge in [-0.15, -0.1) is 5.10 Å². The van der Waals surface area contributed by atoms with Crippen molar-refractivity contribution in [2.45, 2.75) is 39.2 Å². The van der Waals surface area contributed by atoms with E-state index in [0.717, 1.165) is 30.0 Å². The number of benzene rings is 1. The minimum Gasteiger partial charge on any atom is -0.309 e. The molecule has 0 radical (unpaired) electrons. The molecule has 3 nitrogen and oxygen atoms in total. The van der Waals surface area contributed by atoms with Gasteiger partial charge in [-0.05, 0) is 43.1 Å². The third kappa shape index (κ3) is 3.99. The molecule has 1 atom stereocenters. The van der Waals surface area contributed by atoms with Crippen molar-refractivity contribution >= 4 is 23.1 Å². The van der Waals surface area contributed by atoms with Crippen LogP contribution >= 0.6 is 23.1 Å². The van der Waals surface area contributed by atoms with Crippen molar-refractivity contribution in [2.75, 3.05) is 6.54 Å². The summed E-state index contributed by atoms with van der Waals surface area (Å²) < 4.78 is 18.1. The molecule has 0 amide bonds. The Kier molecular flexibility index (Phi) is 6.08. The lowest BCUT2D eigenvalue weighted by Gasteiger charge is -2.18. The number of hydrogen-bond acceptors (Lipinski definition) is 4. The fourth-order valence-corrected chi connectivity index (χ4v) is 3.34. The van der Waals surface area contributed by atoms with Gasteiger partial charge in [-0.25, -0.2) is 4.39 Å². The Morgan fingerprint density at radius 3 is 2.86 bits per heavy atom. The van der Waals surface area contributed by atoms with E-state index in [4.69, 9.17) is 11.6 Å². The zero-order chi connectivity index (χ0) is 15.2. The maximum Gasteiger partial charge on any atom is 0.127 e. The summed E-state index contributed by atoms with van der Waals surface area (Å²) in [5, 5.41) is 8.05. The quantitative estimate of drug-likeness (QED) is 0.829. The molecule has 0 saturated heterocycles. The van der Waals surface area contributed by atoms with Gasteiger partial charge in [0.2, 0.25) is 0 Å². The molecular weight excluding hydrogens is 309 g/mol. The van der Waals surface area contributed by atoms with Crippen LogP contribution in [0.5, 0.6) is 0 Å². The van der Waals surface area contributed by atoms with E-state index in [-0.39, 0.29) is 11.9 Å². The zero-order valence-electron chi connectivity index (χ0n) is 12.2. The normalized spacial score (nSPS) is 12.6. The van der Waals surface area contributed by atoms with Crippen molar-refractivity contribution in [3.05, 3.63) is 45.2 Å². The molecule has 1 heterocycles. The molecule has 1 aromatic carbocycles. The summed E-state index contributed by atoms with van der Waals surface area (Å²) in [4.78, 5) is 1.08. The van der Waals surface area contributed by atoms with Crippen LogP contribution in [0.25, 0.3) is 0 Å². The van der Waals surface area contributed by atoms with E-state index >= 15 is 0 Å². The fraction of sp³-hybridized carbons (Fsp3) is 0.467. The first kappa shape index (κ1) is 16.3. The molecule has 6 heteroatoms. The second-order valence-corrected chi connectivity index (χ2v) is 6.04. The Balaban J connectivity index is 2.29. The predicted molar refractivity (Wildman–Crippen MR) is 85.4 cm³/mol. The van der Waals surface area contributed by atoms with Crippen LogP contribution in [0, 0.1) is 5.82 Å². The highest BCUT2D eigenvalue weighted by Crippen LogP contribution is 2.29. The summed E-state index contributed by atoms with van der Waals surface area (Å²) in [6, 6.07) is 4.79. The number of nitrogens with zero attached hydrogens (tertiary/aromatic N) is 2. The van der Waals surface area contributed by atoms with E-state index in [1.54, 1.807) is 12.1 Å². The minimum atomic E-state index is -0.264. The average Bonchev–Trinajstić information content (AvgIpc) is 2.90. The average molecular weight is 328 g/mol. The van der Waals surface area contributed by atoms with Gasteiger partial charge >= 0.3 is 0 Å². The molecule has 0 fully saturated rings. The highest BCUT2D eigenvalue weighted by molar-refractivity contribution is 7.05. The molecule has 0 saturated carbocycles. The monoisotopic (exact) mass is 327 g/mol. The van der Waals surface area contributed by atoms with Crippen molar-refractivity contribution in [1.82, 2.24) is 14.9 Å². The first-order valence-electron chi connectivity index (χ1n) is 7.14. The summed E-state index contributed by atoms with van der Waals surface area (Å²) >= 11 is 7.52. The minimum absolute atomic E-state index is 0.00838.